The van der Waals surface area contributed by atoms with E-state index in [1.54, 1.807) is 11.3 Å². The number of amides is 1. The van der Waals surface area contributed by atoms with Crippen molar-refractivity contribution in [3.05, 3.63) is 46.9 Å². The number of carbonyl (C=O) groups is 1. The van der Waals surface area contributed by atoms with E-state index in [1.165, 1.54) is 10.4 Å². The third-order valence-corrected chi connectivity index (χ3v) is 7.18. The predicted molar refractivity (Wildman–Crippen MR) is 110 cm³/mol. The van der Waals surface area contributed by atoms with Gasteiger partial charge in [-0.3, -0.25) is 10.1 Å². The van der Waals surface area contributed by atoms with Gasteiger partial charge in [0.05, 0.1) is 22.8 Å². The summed E-state index contributed by atoms with van der Waals surface area (Å²) in [5.41, 5.74) is 7.80. The van der Waals surface area contributed by atoms with E-state index in [0.29, 0.717) is 5.82 Å². The minimum Gasteiger partial charge on any atom is -0.384 e. The number of aromatic nitrogens is 1. The Bertz CT molecular complexity index is 930. The molecule has 0 radical (unpaired) electrons. The van der Waals surface area contributed by atoms with Crippen molar-refractivity contribution in [1.82, 2.24) is 15.2 Å². The number of nitrogens with two attached hydrogens (primary N) is 1. The number of fused-ring (bicyclic) bond motifs is 2. The molecular formula is C21H24N4O2S. The third kappa shape index (κ3) is 3.03. The number of likely N-dealkylation sites (tertiary alicyclic amines) is 1. The Balaban J connectivity index is 1.38. The summed E-state index contributed by atoms with van der Waals surface area (Å²) < 4.78 is 6.35. The summed E-state index contributed by atoms with van der Waals surface area (Å²) in [6.07, 6.45) is 6.59. The van der Waals surface area contributed by atoms with Crippen LogP contribution in [0.4, 0.5) is 5.82 Å². The topological polar surface area (TPSA) is 80.5 Å². The van der Waals surface area contributed by atoms with Crippen LogP contribution in [0.1, 0.15) is 23.3 Å². The first-order valence-corrected chi connectivity index (χ1v) is 10.7. The van der Waals surface area contributed by atoms with E-state index in [9.17, 15) is 4.79 Å². The molecule has 3 N–H and O–H groups in total. The summed E-state index contributed by atoms with van der Waals surface area (Å²) in [4.78, 5) is 21.7. The number of piperidine rings is 1. The minimum absolute atomic E-state index is 0.167. The number of thiophene rings is 1. The Labute approximate surface area is 168 Å². The van der Waals surface area contributed by atoms with Gasteiger partial charge in [-0.25, -0.2) is 4.98 Å². The Hall–Kier alpha value is -2.22. The van der Waals surface area contributed by atoms with E-state index < -0.39 is 0 Å². The van der Waals surface area contributed by atoms with E-state index in [4.69, 9.17) is 10.5 Å². The molecule has 0 bridgehead atoms. The fourth-order valence-electron chi connectivity index (χ4n) is 4.47. The molecule has 146 valence electrons. The highest BCUT2D eigenvalue weighted by atomic mass is 32.1. The lowest BCUT2D eigenvalue weighted by Crippen LogP contribution is -2.51. The standard InChI is InChI=1S/C21H24N4O2S/c22-19-5-1-3-15(24-19)18-13-14-17(28-18)6-12-27-21(14)7-10-25(11-8-21)20(26)16-4-2-9-23-16/h1-5,13,16,23H,6-12H2,(H2,22,24). The van der Waals surface area contributed by atoms with Crippen molar-refractivity contribution in [1.29, 1.82) is 0 Å². The fourth-order valence-corrected chi connectivity index (χ4v) is 5.67. The van der Waals surface area contributed by atoms with E-state index in [0.717, 1.165) is 56.1 Å². The molecule has 0 aliphatic carbocycles. The zero-order valence-electron chi connectivity index (χ0n) is 15.7. The summed E-state index contributed by atoms with van der Waals surface area (Å²) in [7, 11) is 0. The number of rotatable bonds is 2. The Kier molecular flexibility index (Phi) is 4.45. The Morgan fingerprint density at radius 1 is 1.36 bits per heavy atom. The van der Waals surface area contributed by atoms with Crippen LogP contribution in [0.25, 0.3) is 10.6 Å². The second kappa shape index (κ2) is 6.99. The largest absolute Gasteiger partial charge is 0.384 e. The third-order valence-electron chi connectivity index (χ3n) is 5.96. The lowest BCUT2D eigenvalue weighted by Gasteiger charge is -2.44. The summed E-state index contributed by atoms with van der Waals surface area (Å²) in [6, 6.07) is 7.82. The minimum atomic E-state index is -0.279. The van der Waals surface area contributed by atoms with Crippen LogP contribution in [0.3, 0.4) is 0 Å². The molecule has 1 atom stereocenters. The lowest BCUT2D eigenvalue weighted by molar-refractivity contribution is -0.141. The highest BCUT2D eigenvalue weighted by Gasteiger charge is 2.43. The van der Waals surface area contributed by atoms with Gasteiger partial charge in [0.15, 0.2) is 0 Å². The Morgan fingerprint density at radius 2 is 2.21 bits per heavy atom. The maximum absolute atomic E-state index is 12.7. The van der Waals surface area contributed by atoms with Crippen molar-refractivity contribution < 1.29 is 9.53 Å². The highest BCUT2D eigenvalue weighted by Crippen LogP contribution is 2.46. The molecule has 2 aromatic heterocycles. The molecule has 2 aromatic rings. The summed E-state index contributed by atoms with van der Waals surface area (Å²) >= 11 is 1.79. The van der Waals surface area contributed by atoms with Gasteiger partial charge >= 0.3 is 0 Å². The van der Waals surface area contributed by atoms with Gasteiger partial charge in [0.2, 0.25) is 5.91 Å². The van der Waals surface area contributed by atoms with Crippen LogP contribution in [0.15, 0.2) is 36.4 Å². The first-order chi connectivity index (χ1) is 13.6. The molecule has 3 aliphatic rings. The molecular weight excluding hydrogens is 372 g/mol. The van der Waals surface area contributed by atoms with Crippen molar-refractivity contribution in [3.8, 4) is 10.6 Å². The SMILES string of the molecule is Nc1cccc(-c2cc3c(s2)CCOC32CCN(C(=O)C3C=CCN3)CC2)n1. The number of nitrogens with zero attached hydrogens (tertiary/aromatic N) is 2. The average Bonchev–Trinajstić information content (AvgIpc) is 3.39. The number of nitrogens with one attached hydrogen (secondary N) is 1. The zero-order chi connectivity index (χ0) is 19.1. The highest BCUT2D eigenvalue weighted by molar-refractivity contribution is 7.15. The molecule has 6 nitrogen and oxygen atoms in total. The van der Waals surface area contributed by atoms with Crippen LogP contribution in [0, 0.1) is 0 Å². The second-order valence-electron chi connectivity index (χ2n) is 7.63. The van der Waals surface area contributed by atoms with Gasteiger partial charge in [0.1, 0.15) is 11.9 Å². The smallest absolute Gasteiger partial charge is 0.243 e. The second-order valence-corrected chi connectivity index (χ2v) is 8.76. The molecule has 3 aliphatic heterocycles. The van der Waals surface area contributed by atoms with Crippen molar-refractivity contribution in [2.75, 3.05) is 32.0 Å². The molecule has 0 saturated carbocycles. The molecule has 5 heterocycles. The summed E-state index contributed by atoms with van der Waals surface area (Å²) in [5.74, 6) is 0.714. The molecule has 1 saturated heterocycles. The van der Waals surface area contributed by atoms with E-state index in [-0.39, 0.29) is 17.6 Å². The van der Waals surface area contributed by atoms with Gasteiger partial charge in [-0.2, -0.15) is 0 Å². The monoisotopic (exact) mass is 396 g/mol. The van der Waals surface area contributed by atoms with Crippen LogP contribution in [0.2, 0.25) is 0 Å². The van der Waals surface area contributed by atoms with Gasteiger partial charge < -0.3 is 15.4 Å². The number of nitrogen functional groups attached to an aromatic ring is 1. The molecule has 1 spiro atoms. The molecule has 1 fully saturated rings. The van der Waals surface area contributed by atoms with Crippen LogP contribution in [0.5, 0.6) is 0 Å². The van der Waals surface area contributed by atoms with Crippen molar-refractivity contribution in [2.45, 2.75) is 30.9 Å². The number of carbonyl (C=O) groups excluding carboxylic acids is 1. The van der Waals surface area contributed by atoms with Crippen LogP contribution in [-0.4, -0.2) is 48.1 Å². The number of hydrogen-bond donors (Lipinski definition) is 2. The van der Waals surface area contributed by atoms with Crippen molar-refractivity contribution in [2.24, 2.45) is 0 Å². The summed E-state index contributed by atoms with van der Waals surface area (Å²) in [5, 5.41) is 3.22. The molecule has 1 unspecified atom stereocenters. The molecule has 1 amide bonds. The quantitative estimate of drug-likeness (QED) is 0.762. The van der Waals surface area contributed by atoms with E-state index in [1.807, 2.05) is 35.3 Å². The normalized spacial score (nSPS) is 23.1. The maximum Gasteiger partial charge on any atom is 0.243 e. The first kappa shape index (κ1) is 17.8. The molecule has 5 rings (SSSR count). The van der Waals surface area contributed by atoms with Crippen molar-refractivity contribution >= 4 is 23.1 Å². The van der Waals surface area contributed by atoms with Crippen LogP contribution in [-0.2, 0) is 21.6 Å². The zero-order valence-corrected chi connectivity index (χ0v) is 16.5. The van der Waals surface area contributed by atoms with Crippen molar-refractivity contribution in [3.63, 3.8) is 0 Å². The number of anilines is 1. The molecule has 0 aromatic carbocycles. The summed E-state index contributed by atoms with van der Waals surface area (Å²) in [6.45, 7) is 2.96. The maximum atomic E-state index is 12.7. The van der Waals surface area contributed by atoms with Gasteiger partial charge in [-0.15, -0.1) is 11.3 Å². The van der Waals surface area contributed by atoms with Crippen LogP contribution < -0.4 is 11.1 Å². The van der Waals surface area contributed by atoms with Gasteiger partial charge in [0, 0.05) is 30.9 Å². The number of hydrogen-bond acceptors (Lipinski definition) is 6. The fraction of sp³-hybridized carbons (Fsp3) is 0.429. The van der Waals surface area contributed by atoms with E-state index in [2.05, 4.69) is 16.4 Å². The Morgan fingerprint density at radius 3 is 2.96 bits per heavy atom. The van der Waals surface area contributed by atoms with Gasteiger partial charge in [-0.05, 0) is 36.6 Å². The molecule has 7 heteroatoms. The lowest BCUT2D eigenvalue weighted by atomic mass is 9.82. The van der Waals surface area contributed by atoms with Gasteiger partial charge in [-0.1, -0.05) is 18.2 Å². The van der Waals surface area contributed by atoms with Crippen LogP contribution >= 0.6 is 11.3 Å². The van der Waals surface area contributed by atoms with E-state index >= 15 is 0 Å². The average molecular weight is 397 g/mol. The molecule has 28 heavy (non-hydrogen) atoms. The van der Waals surface area contributed by atoms with Gasteiger partial charge in [0.25, 0.3) is 0 Å². The number of pyridine rings is 1. The first-order valence-electron chi connectivity index (χ1n) is 9.83. The predicted octanol–water partition coefficient (Wildman–Crippen LogP) is 2.31. The number of ether oxygens (including phenoxy) is 1.